The molecule has 0 heterocycles. The molecule has 0 bridgehead atoms. The van der Waals surface area contributed by atoms with E-state index in [1.807, 2.05) is 0 Å². The molecule has 0 fully saturated rings. The second-order valence-corrected chi connectivity index (χ2v) is 8.28. The lowest BCUT2D eigenvalue weighted by Crippen LogP contribution is -2.23. The normalized spacial score (nSPS) is 10.7. The number of carbonyl (C=O) groups is 2. The molecule has 166 valence electrons. The highest BCUT2D eigenvalue weighted by Gasteiger charge is 2.05. The maximum Gasteiger partial charge on any atom is 0.303 e. The molecule has 1 rings (SSSR count). The van der Waals surface area contributed by atoms with Crippen molar-refractivity contribution in [2.24, 2.45) is 0 Å². The van der Waals surface area contributed by atoms with Gasteiger partial charge in [0, 0.05) is 19.4 Å². The molecular formula is C21H35NO6S. The highest BCUT2D eigenvalue weighted by Crippen LogP contribution is 2.07. The van der Waals surface area contributed by atoms with Crippen LogP contribution in [-0.2, 0) is 19.7 Å². The number of benzene rings is 1. The van der Waals surface area contributed by atoms with Crippen molar-refractivity contribution in [1.82, 2.24) is 5.32 Å². The standard InChI is InChI=1S/C15H29NO3.C6H6O3S/c1-2-3-4-5-6-8-11-14(17)16-13-10-7-9-12-15(18)19;7-10(8,9)6-4-2-1-3-5-6/h2-13H2,1H3,(H,16,17)(H,18,19);1-5H,(H,7,8,9). The Morgan fingerprint density at radius 2 is 1.41 bits per heavy atom. The van der Waals surface area contributed by atoms with Crippen molar-refractivity contribution in [3.63, 3.8) is 0 Å². The summed E-state index contributed by atoms with van der Waals surface area (Å²) in [5, 5.41) is 11.3. The molecule has 0 atom stereocenters. The zero-order valence-corrected chi connectivity index (χ0v) is 18.1. The minimum absolute atomic E-state index is 0.0741. The number of carboxylic acids is 1. The van der Waals surface area contributed by atoms with E-state index in [1.54, 1.807) is 18.2 Å². The van der Waals surface area contributed by atoms with Gasteiger partial charge in [0.1, 0.15) is 0 Å². The third-order valence-corrected chi connectivity index (χ3v) is 5.06. The highest BCUT2D eigenvalue weighted by molar-refractivity contribution is 7.85. The SMILES string of the molecule is CCCCCCCCC(=O)NCCCCCC(=O)O.O=S(=O)(O)c1ccccc1. The topological polar surface area (TPSA) is 121 Å². The first-order valence-electron chi connectivity index (χ1n) is 10.3. The number of hydrogen-bond donors (Lipinski definition) is 3. The molecule has 8 heteroatoms. The summed E-state index contributed by atoms with van der Waals surface area (Å²) in [6.45, 7) is 2.87. The van der Waals surface area contributed by atoms with Gasteiger partial charge in [0.05, 0.1) is 4.90 Å². The molecule has 1 aromatic carbocycles. The zero-order valence-electron chi connectivity index (χ0n) is 17.3. The lowest BCUT2D eigenvalue weighted by molar-refractivity contribution is -0.137. The predicted octanol–water partition coefficient (Wildman–Crippen LogP) is 4.43. The third kappa shape index (κ3) is 17.9. The number of carbonyl (C=O) groups excluding carboxylic acids is 1. The maximum atomic E-state index is 11.5. The fourth-order valence-corrected chi connectivity index (χ4v) is 3.05. The minimum Gasteiger partial charge on any atom is -0.481 e. The second-order valence-electron chi connectivity index (χ2n) is 6.86. The fourth-order valence-electron chi connectivity index (χ4n) is 2.55. The molecule has 0 radical (unpaired) electrons. The van der Waals surface area contributed by atoms with Gasteiger partial charge in [0.25, 0.3) is 10.1 Å². The number of unbranched alkanes of at least 4 members (excludes halogenated alkanes) is 7. The van der Waals surface area contributed by atoms with Crippen LogP contribution in [0.15, 0.2) is 35.2 Å². The zero-order chi connectivity index (χ0) is 22.0. The monoisotopic (exact) mass is 429 g/mol. The van der Waals surface area contributed by atoms with E-state index >= 15 is 0 Å². The molecule has 0 unspecified atom stereocenters. The summed E-state index contributed by atoms with van der Waals surface area (Å²) in [5.74, 6) is -0.610. The van der Waals surface area contributed by atoms with Crippen LogP contribution in [-0.4, -0.2) is 36.5 Å². The number of hydrogen-bond acceptors (Lipinski definition) is 4. The van der Waals surface area contributed by atoms with Crippen molar-refractivity contribution in [3.8, 4) is 0 Å². The van der Waals surface area contributed by atoms with Gasteiger partial charge < -0.3 is 10.4 Å². The van der Waals surface area contributed by atoms with Crippen molar-refractivity contribution >= 4 is 22.0 Å². The van der Waals surface area contributed by atoms with Crippen LogP contribution in [0, 0.1) is 0 Å². The van der Waals surface area contributed by atoms with Gasteiger partial charge in [-0.05, 0) is 31.4 Å². The summed E-state index contributed by atoms with van der Waals surface area (Å²) >= 11 is 0. The molecular weight excluding hydrogens is 394 g/mol. The van der Waals surface area contributed by atoms with Crippen molar-refractivity contribution in [2.75, 3.05) is 6.54 Å². The predicted molar refractivity (Wildman–Crippen MR) is 113 cm³/mol. The number of nitrogens with one attached hydrogen (secondary N) is 1. The molecule has 1 aromatic rings. The van der Waals surface area contributed by atoms with Gasteiger partial charge in [-0.25, -0.2) is 0 Å². The van der Waals surface area contributed by atoms with Crippen LogP contribution in [0.3, 0.4) is 0 Å². The minimum atomic E-state index is -4.00. The third-order valence-electron chi connectivity index (χ3n) is 4.19. The van der Waals surface area contributed by atoms with E-state index < -0.39 is 16.1 Å². The van der Waals surface area contributed by atoms with E-state index in [0.717, 1.165) is 25.7 Å². The second kappa shape index (κ2) is 17.0. The quantitative estimate of drug-likeness (QED) is 0.297. The Morgan fingerprint density at radius 3 is 1.97 bits per heavy atom. The molecule has 0 aromatic heterocycles. The van der Waals surface area contributed by atoms with Crippen LogP contribution in [0.2, 0.25) is 0 Å². The van der Waals surface area contributed by atoms with Crippen molar-refractivity contribution in [3.05, 3.63) is 30.3 Å². The van der Waals surface area contributed by atoms with Gasteiger partial charge in [-0.3, -0.25) is 14.1 Å². The van der Waals surface area contributed by atoms with Crippen LogP contribution in [0.25, 0.3) is 0 Å². The molecule has 1 amide bonds. The average Bonchev–Trinajstić information content (AvgIpc) is 2.67. The average molecular weight is 430 g/mol. The lowest BCUT2D eigenvalue weighted by atomic mass is 10.1. The first-order chi connectivity index (χ1) is 13.8. The number of aliphatic carboxylic acids is 1. The Hall–Kier alpha value is -1.93. The molecule has 7 nitrogen and oxygen atoms in total. The Bertz CT molecular complexity index is 661. The Balaban J connectivity index is 0.000000651. The van der Waals surface area contributed by atoms with Crippen molar-refractivity contribution in [2.45, 2.75) is 82.4 Å². The van der Waals surface area contributed by atoms with E-state index in [-0.39, 0.29) is 17.2 Å². The van der Waals surface area contributed by atoms with Gasteiger partial charge in [-0.2, -0.15) is 8.42 Å². The summed E-state index contributed by atoms with van der Waals surface area (Å²) in [7, 11) is -4.00. The molecule has 0 aliphatic heterocycles. The smallest absolute Gasteiger partial charge is 0.303 e. The Labute approximate surface area is 174 Å². The van der Waals surface area contributed by atoms with Crippen molar-refractivity contribution < 1.29 is 27.7 Å². The van der Waals surface area contributed by atoms with E-state index in [2.05, 4.69) is 12.2 Å². The largest absolute Gasteiger partial charge is 0.481 e. The van der Waals surface area contributed by atoms with Gasteiger partial charge in [-0.1, -0.05) is 63.6 Å². The summed E-state index contributed by atoms with van der Waals surface area (Å²) in [5.41, 5.74) is 0. The van der Waals surface area contributed by atoms with Crippen LogP contribution < -0.4 is 5.32 Å². The summed E-state index contributed by atoms with van der Waals surface area (Å²) in [6.07, 6.45) is 10.5. The van der Waals surface area contributed by atoms with Gasteiger partial charge in [0.2, 0.25) is 5.91 Å². The van der Waals surface area contributed by atoms with E-state index in [4.69, 9.17) is 9.66 Å². The summed E-state index contributed by atoms with van der Waals surface area (Å²) in [6, 6.07) is 7.42. The Kier molecular flexibility index (Phi) is 15.8. The first-order valence-corrected chi connectivity index (χ1v) is 11.7. The van der Waals surface area contributed by atoms with Crippen LogP contribution in [0.1, 0.15) is 77.6 Å². The van der Waals surface area contributed by atoms with E-state index in [9.17, 15) is 18.0 Å². The summed E-state index contributed by atoms with van der Waals surface area (Å²) in [4.78, 5) is 21.7. The number of amides is 1. The van der Waals surface area contributed by atoms with Gasteiger partial charge >= 0.3 is 5.97 Å². The molecule has 0 aliphatic carbocycles. The highest BCUT2D eigenvalue weighted by atomic mass is 32.2. The van der Waals surface area contributed by atoms with E-state index in [0.29, 0.717) is 19.4 Å². The molecule has 0 saturated heterocycles. The van der Waals surface area contributed by atoms with Crippen LogP contribution >= 0.6 is 0 Å². The first kappa shape index (κ1) is 27.1. The molecule has 3 N–H and O–H groups in total. The molecule has 0 spiro atoms. The fraction of sp³-hybridized carbons (Fsp3) is 0.619. The van der Waals surface area contributed by atoms with Gasteiger partial charge in [-0.15, -0.1) is 0 Å². The lowest BCUT2D eigenvalue weighted by Gasteiger charge is -2.05. The maximum absolute atomic E-state index is 11.5. The number of carboxylic acid groups (broad SMARTS) is 1. The van der Waals surface area contributed by atoms with Crippen LogP contribution in [0.4, 0.5) is 0 Å². The van der Waals surface area contributed by atoms with Crippen molar-refractivity contribution in [1.29, 1.82) is 0 Å². The van der Waals surface area contributed by atoms with Gasteiger partial charge in [0.15, 0.2) is 0 Å². The molecule has 0 aliphatic rings. The molecule has 29 heavy (non-hydrogen) atoms. The van der Waals surface area contributed by atoms with Crippen LogP contribution in [0.5, 0.6) is 0 Å². The number of rotatable bonds is 14. The Morgan fingerprint density at radius 1 is 0.862 bits per heavy atom. The summed E-state index contributed by atoms with van der Waals surface area (Å²) < 4.78 is 29.2. The molecule has 0 saturated carbocycles. The van der Waals surface area contributed by atoms with E-state index in [1.165, 1.54) is 37.8 Å².